The predicted molar refractivity (Wildman–Crippen MR) is 69.2 cm³/mol. The number of halogens is 2. The van der Waals surface area contributed by atoms with Crippen LogP contribution in [0.5, 0.6) is 0 Å². The van der Waals surface area contributed by atoms with Gasteiger partial charge in [-0.25, -0.2) is 8.78 Å². The molecule has 0 bridgehead atoms. The Bertz CT molecular complexity index is 660. The monoisotopic (exact) mass is 278 g/mol. The Morgan fingerprint density at radius 1 is 1.35 bits per heavy atom. The Morgan fingerprint density at radius 3 is 2.80 bits per heavy atom. The molecule has 1 aromatic heterocycles. The van der Waals surface area contributed by atoms with Gasteiger partial charge in [-0.2, -0.15) is 0 Å². The minimum absolute atomic E-state index is 0.171. The van der Waals surface area contributed by atoms with Gasteiger partial charge < -0.3 is 10.4 Å². The number of hydrogen-bond acceptors (Lipinski definition) is 3. The first kappa shape index (κ1) is 14.1. The first-order valence-corrected chi connectivity index (χ1v) is 5.83. The lowest BCUT2D eigenvalue weighted by molar-refractivity contribution is 0.102. The van der Waals surface area contributed by atoms with E-state index in [1.165, 1.54) is 25.4 Å². The van der Waals surface area contributed by atoms with Gasteiger partial charge >= 0.3 is 0 Å². The van der Waals surface area contributed by atoms with E-state index in [-0.39, 0.29) is 23.4 Å². The summed E-state index contributed by atoms with van der Waals surface area (Å²) in [5, 5.41) is 11.6. The van der Waals surface area contributed by atoms with E-state index < -0.39 is 17.5 Å². The van der Waals surface area contributed by atoms with Crippen LogP contribution in [-0.4, -0.2) is 16.0 Å². The molecule has 2 rings (SSSR count). The van der Waals surface area contributed by atoms with Crippen LogP contribution in [0.2, 0.25) is 0 Å². The second kappa shape index (κ2) is 5.75. The average Bonchev–Trinajstić information content (AvgIpc) is 2.43. The van der Waals surface area contributed by atoms with Gasteiger partial charge in [0, 0.05) is 17.8 Å². The van der Waals surface area contributed by atoms with Gasteiger partial charge in [-0.1, -0.05) is 0 Å². The van der Waals surface area contributed by atoms with E-state index >= 15 is 0 Å². The quantitative estimate of drug-likeness (QED) is 0.906. The Hall–Kier alpha value is -2.34. The van der Waals surface area contributed by atoms with Crippen LogP contribution in [0.3, 0.4) is 0 Å². The summed E-state index contributed by atoms with van der Waals surface area (Å²) in [5.41, 5.74) is 0.635. The maximum atomic E-state index is 13.6. The number of aliphatic hydroxyl groups is 1. The van der Waals surface area contributed by atoms with Gasteiger partial charge in [0.2, 0.25) is 0 Å². The number of carbonyl (C=O) groups is 1. The van der Waals surface area contributed by atoms with Crippen molar-refractivity contribution in [1.82, 2.24) is 4.98 Å². The van der Waals surface area contributed by atoms with Crippen molar-refractivity contribution in [2.45, 2.75) is 13.5 Å². The van der Waals surface area contributed by atoms with Crippen LogP contribution in [-0.2, 0) is 6.61 Å². The lowest BCUT2D eigenvalue weighted by Crippen LogP contribution is -2.16. The molecule has 1 amide bonds. The van der Waals surface area contributed by atoms with Crippen molar-refractivity contribution < 1.29 is 18.7 Å². The molecule has 104 valence electrons. The Morgan fingerprint density at radius 2 is 2.10 bits per heavy atom. The molecule has 0 unspecified atom stereocenters. The van der Waals surface area contributed by atoms with E-state index in [2.05, 4.69) is 10.3 Å². The summed E-state index contributed by atoms with van der Waals surface area (Å²) in [6.45, 7) is 1.15. The first-order chi connectivity index (χ1) is 9.52. The summed E-state index contributed by atoms with van der Waals surface area (Å²) in [4.78, 5) is 15.8. The molecule has 20 heavy (non-hydrogen) atoms. The Kier molecular flexibility index (Phi) is 4.05. The molecule has 0 saturated heterocycles. The van der Waals surface area contributed by atoms with E-state index in [0.29, 0.717) is 11.6 Å². The van der Waals surface area contributed by atoms with Crippen LogP contribution < -0.4 is 5.32 Å². The number of aryl methyl sites for hydroxylation is 1. The number of rotatable bonds is 3. The summed E-state index contributed by atoms with van der Waals surface area (Å²) in [6, 6.07) is 3.33. The van der Waals surface area contributed by atoms with Gasteiger partial charge in [0.05, 0.1) is 24.1 Å². The van der Waals surface area contributed by atoms with Crippen molar-refractivity contribution in [3.63, 3.8) is 0 Å². The molecular formula is C14H12F2N2O2. The number of hydrogen-bond donors (Lipinski definition) is 2. The SMILES string of the molecule is Cc1cc(C(=O)Nc2cnccc2CO)c(F)cc1F. The average molecular weight is 278 g/mol. The number of carbonyl (C=O) groups excluding carboxylic acids is 1. The number of aliphatic hydroxyl groups excluding tert-OH is 1. The van der Waals surface area contributed by atoms with E-state index in [1.54, 1.807) is 0 Å². The minimum Gasteiger partial charge on any atom is -0.392 e. The fraction of sp³-hybridized carbons (Fsp3) is 0.143. The largest absolute Gasteiger partial charge is 0.392 e. The third-order valence-corrected chi connectivity index (χ3v) is 2.82. The van der Waals surface area contributed by atoms with Crippen LogP contribution in [0.4, 0.5) is 14.5 Å². The second-order valence-electron chi connectivity index (χ2n) is 4.23. The third kappa shape index (κ3) is 2.80. The highest BCUT2D eigenvalue weighted by molar-refractivity contribution is 6.04. The number of pyridine rings is 1. The summed E-state index contributed by atoms with van der Waals surface area (Å²) in [7, 11) is 0. The molecule has 0 fully saturated rings. The normalized spacial score (nSPS) is 10.4. The molecule has 4 nitrogen and oxygen atoms in total. The molecule has 1 aromatic carbocycles. The smallest absolute Gasteiger partial charge is 0.258 e. The highest BCUT2D eigenvalue weighted by Crippen LogP contribution is 2.18. The van der Waals surface area contributed by atoms with Crippen molar-refractivity contribution >= 4 is 11.6 Å². The molecule has 0 aliphatic carbocycles. The molecule has 1 heterocycles. The highest BCUT2D eigenvalue weighted by atomic mass is 19.1. The summed E-state index contributed by atoms with van der Waals surface area (Å²) in [5.74, 6) is -2.38. The summed E-state index contributed by atoms with van der Waals surface area (Å²) in [6.07, 6.45) is 2.81. The lowest BCUT2D eigenvalue weighted by atomic mass is 10.1. The third-order valence-electron chi connectivity index (χ3n) is 2.82. The Balaban J connectivity index is 2.31. The molecule has 0 aliphatic rings. The number of anilines is 1. The second-order valence-corrected chi connectivity index (χ2v) is 4.23. The number of aromatic nitrogens is 1. The van der Waals surface area contributed by atoms with Gasteiger partial charge in [-0.3, -0.25) is 9.78 Å². The Labute approximate surface area is 114 Å². The number of amides is 1. The van der Waals surface area contributed by atoms with Gasteiger partial charge in [-0.15, -0.1) is 0 Å². The van der Waals surface area contributed by atoms with E-state index in [0.717, 1.165) is 6.07 Å². The van der Waals surface area contributed by atoms with Crippen LogP contribution >= 0.6 is 0 Å². The van der Waals surface area contributed by atoms with E-state index in [9.17, 15) is 13.6 Å². The van der Waals surface area contributed by atoms with Crippen LogP contribution in [0, 0.1) is 18.6 Å². The predicted octanol–water partition coefficient (Wildman–Crippen LogP) is 2.41. The van der Waals surface area contributed by atoms with Crippen molar-refractivity contribution in [2.24, 2.45) is 0 Å². The van der Waals surface area contributed by atoms with Gasteiger partial charge in [-0.05, 0) is 24.6 Å². The molecule has 6 heteroatoms. The molecule has 0 radical (unpaired) electrons. The van der Waals surface area contributed by atoms with Crippen molar-refractivity contribution in [1.29, 1.82) is 0 Å². The zero-order valence-electron chi connectivity index (χ0n) is 10.7. The number of nitrogens with zero attached hydrogens (tertiary/aromatic N) is 1. The standard InChI is InChI=1S/C14H12F2N2O2/c1-8-4-10(12(16)5-11(8)15)14(20)18-13-6-17-3-2-9(13)7-19/h2-6,19H,7H2,1H3,(H,18,20). The topological polar surface area (TPSA) is 62.2 Å². The maximum Gasteiger partial charge on any atom is 0.258 e. The maximum absolute atomic E-state index is 13.6. The molecule has 0 saturated carbocycles. The highest BCUT2D eigenvalue weighted by Gasteiger charge is 2.15. The van der Waals surface area contributed by atoms with E-state index in [4.69, 9.17) is 5.11 Å². The zero-order chi connectivity index (χ0) is 14.7. The van der Waals surface area contributed by atoms with Crippen molar-refractivity contribution in [2.75, 3.05) is 5.32 Å². The van der Waals surface area contributed by atoms with E-state index in [1.807, 2.05) is 0 Å². The minimum atomic E-state index is -0.944. The molecule has 0 aliphatic heterocycles. The van der Waals surface area contributed by atoms with Gasteiger partial charge in [0.25, 0.3) is 5.91 Å². The molecular weight excluding hydrogens is 266 g/mol. The van der Waals surface area contributed by atoms with Crippen molar-refractivity contribution in [3.05, 3.63) is 58.9 Å². The van der Waals surface area contributed by atoms with Gasteiger partial charge in [0.1, 0.15) is 11.6 Å². The fourth-order valence-electron chi connectivity index (χ4n) is 1.69. The van der Waals surface area contributed by atoms with Crippen LogP contribution in [0.15, 0.2) is 30.6 Å². The summed E-state index contributed by atoms with van der Waals surface area (Å²) >= 11 is 0. The van der Waals surface area contributed by atoms with Crippen LogP contribution in [0.1, 0.15) is 21.5 Å². The molecule has 2 N–H and O–H groups in total. The van der Waals surface area contributed by atoms with Crippen molar-refractivity contribution in [3.8, 4) is 0 Å². The summed E-state index contributed by atoms with van der Waals surface area (Å²) < 4.78 is 26.8. The van der Waals surface area contributed by atoms with Crippen LogP contribution in [0.25, 0.3) is 0 Å². The number of benzene rings is 1. The molecule has 2 aromatic rings. The lowest BCUT2D eigenvalue weighted by Gasteiger charge is -2.10. The number of nitrogens with one attached hydrogen (secondary N) is 1. The zero-order valence-corrected chi connectivity index (χ0v) is 10.7. The molecule has 0 spiro atoms. The fourth-order valence-corrected chi connectivity index (χ4v) is 1.69. The molecule has 0 atom stereocenters. The van der Waals surface area contributed by atoms with Gasteiger partial charge in [0.15, 0.2) is 0 Å². The first-order valence-electron chi connectivity index (χ1n) is 5.83.